The van der Waals surface area contributed by atoms with Gasteiger partial charge in [-0.1, -0.05) is 12.1 Å². The second-order valence-electron chi connectivity index (χ2n) is 10.3. The van der Waals surface area contributed by atoms with E-state index >= 15 is 0 Å². The third-order valence-corrected chi connectivity index (χ3v) is 7.60. The molecule has 174 valence electrons. The molecule has 2 atom stereocenters. The highest BCUT2D eigenvalue weighted by Crippen LogP contribution is 2.57. The van der Waals surface area contributed by atoms with Crippen LogP contribution in [-0.2, 0) is 6.42 Å². The number of carbonyl (C=O) groups is 2. The normalized spacial score (nSPS) is 29.6. The summed E-state index contributed by atoms with van der Waals surface area (Å²) in [5, 5.41) is 15.7. The van der Waals surface area contributed by atoms with Crippen molar-refractivity contribution in [3.05, 3.63) is 59.7 Å². The maximum Gasteiger partial charge on any atom is 0.270 e. The molecular weight excluding hydrogens is 416 g/mol. The Morgan fingerprint density at radius 3 is 2.21 bits per heavy atom. The molecule has 7 heteroatoms. The van der Waals surface area contributed by atoms with E-state index in [0.29, 0.717) is 23.2 Å². The van der Waals surface area contributed by atoms with E-state index in [-0.39, 0.29) is 29.5 Å². The van der Waals surface area contributed by atoms with Crippen molar-refractivity contribution in [2.45, 2.75) is 68.9 Å². The van der Waals surface area contributed by atoms with Gasteiger partial charge in [-0.15, -0.1) is 0 Å². The molecule has 33 heavy (non-hydrogen) atoms. The standard InChI is InChI=1S/C26H32N4O3/c31-11-4-2-6-20-7-5-9-22(28-20)24(33)30-26-15-18-12-19(16-26)14-25(13-18,17-26)29-23(32)21-8-1-3-10-27-21/h1,3,5,7-10,18-19,31H,2,4,6,11-17H2,(H,29,32)(H,30,33). The number of aromatic nitrogens is 2. The summed E-state index contributed by atoms with van der Waals surface area (Å²) in [6, 6.07) is 11.0. The Labute approximate surface area is 194 Å². The third kappa shape index (κ3) is 4.64. The molecule has 3 N–H and O–H groups in total. The summed E-state index contributed by atoms with van der Waals surface area (Å²) in [5.74, 6) is 0.755. The van der Waals surface area contributed by atoms with Gasteiger partial charge in [-0.3, -0.25) is 14.6 Å². The van der Waals surface area contributed by atoms with Gasteiger partial charge >= 0.3 is 0 Å². The highest BCUT2D eigenvalue weighted by molar-refractivity contribution is 5.93. The number of nitrogens with one attached hydrogen (secondary N) is 2. The summed E-state index contributed by atoms with van der Waals surface area (Å²) in [7, 11) is 0. The number of unbranched alkanes of at least 4 members (excludes halogenated alkanes) is 1. The molecule has 0 saturated heterocycles. The second-order valence-corrected chi connectivity index (χ2v) is 10.3. The van der Waals surface area contributed by atoms with E-state index in [9.17, 15) is 9.59 Å². The number of aliphatic hydroxyl groups is 1. The zero-order chi connectivity index (χ0) is 22.9. The van der Waals surface area contributed by atoms with E-state index < -0.39 is 0 Å². The van der Waals surface area contributed by atoms with Crippen LogP contribution in [0.15, 0.2) is 42.6 Å². The number of aryl methyl sites for hydroxylation is 1. The van der Waals surface area contributed by atoms with Crippen LogP contribution in [0.2, 0.25) is 0 Å². The molecule has 6 rings (SSSR count). The van der Waals surface area contributed by atoms with Crippen molar-refractivity contribution in [2.75, 3.05) is 6.61 Å². The predicted octanol–water partition coefficient (Wildman–Crippen LogP) is 3.04. The average Bonchev–Trinajstić information content (AvgIpc) is 2.78. The van der Waals surface area contributed by atoms with Crippen LogP contribution in [0.4, 0.5) is 0 Å². The molecule has 7 nitrogen and oxygen atoms in total. The molecule has 4 fully saturated rings. The lowest BCUT2D eigenvalue weighted by atomic mass is 9.49. The van der Waals surface area contributed by atoms with Gasteiger partial charge in [0, 0.05) is 29.6 Å². The van der Waals surface area contributed by atoms with Gasteiger partial charge in [0.15, 0.2) is 0 Å². The van der Waals surface area contributed by atoms with E-state index in [1.807, 2.05) is 24.3 Å². The van der Waals surface area contributed by atoms with Crippen LogP contribution in [0.3, 0.4) is 0 Å². The van der Waals surface area contributed by atoms with Crippen LogP contribution in [0.5, 0.6) is 0 Å². The molecule has 4 bridgehead atoms. The van der Waals surface area contributed by atoms with Crippen molar-refractivity contribution in [1.82, 2.24) is 20.6 Å². The van der Waals surface area contributed by atoms with E-state index in [1.54, 1.807) is 18.3 Å². The number of aliphatic hydroxyl groups excluding tert-OH is 1. The molecule has 4 aliphatic rings. The second kappa shape index (κ2) is 8.86. The first-order chi connectivity index (χ1) is 16.0. The topological polar surface area (TPSA) is 104 Å². The maximum absolute atomic E-state index is 13.2. The first-order valence-electron chi connectivity index (χ1n) is 12.1. The number of carbonyl (C=O) groups excluding carboxylic acids is 2. The summed E-state index contributed by atoms with van der Waals surface area (Å²) < 4.78 is 0. The lowest BCUT2D eigenvalue weighted by Crippen LogP contribution is -2.70. The van der Waals surface area contributed by atoms with Crippen LogP contribution >= 0.6 is 0 Å². The number of pyridine rings is 2. The van der Waals surface area contributed by atoms with Gasteiger partial charge in [-0.2, -0.15) is 0 Å². The minimum atomic E-state index is -0.298. The van der Waals surface area contributed by atoms with Gasteiger partial charge in [0.2, 0.25) is 0 Å². The van der Waals surface area contributed by atoms with Crippen LogP contribution in [0.25, 0.3) is 0 Å². The van der Waals surface area contributed by atoms with Crippen molar-refractivity contribution in [3.63, 3.8) is 0 Å². The van der Waals surface area contributed by atoms with Crippen molar-refractivity contribution in [3.8, 4) is 0 Å². The van der Waals surface area contributed by atoms with Gasteiger partial charge < -0.3 is 15.7 Å². The average molecular weight is 449 g/mol. The van der Waals surface area contributed by atoms with E-state index in [0.717, 1.165) is 57.1 Å². The van der Waals surface area contributed by atoms with Gasteiger partial charge in [0.1, 0.15) is 11.4 Å². The fourth-order valence-corrected chi connectivity index (χ4v) is 6.83. The Balaban J connectivity index is 1.31. The van der Waals surface area contributed by atoms with Crippen molar-refractivity contribution < 1.29 is 14.7 Å². The quantitative estimate of drug-likeness (QED) is 0.539. The highest BCUT2D eigenvalue weighted by Gasteiger charge is 2.58. The minimum absolute atomic E-state index is 0.128. The zero-order valence-electron chi connectivity index (χ0n) is 18.9. The molecule has 4 saturated carbocycles. The van der Waals surface area contributed by atoms with Crippen LogP contribution in [0.1, 0.15) is 78.0 Å². The zero-order valence-corrected chi connectivity index (χ0v) is 18.9. The fourth-order valence-electron chi connectivity index (χ4n) is 6.83. The first-order valence-corrected chi connectivity index (χ1v) is 12.1. The number of hydrogen-bond donors (Lipinski definition) is 3. The first kappa shape index (κ1) is 22.0. The maximum atomic E-state index is 13.2. The van der Waals surface area contributed by atoms with Crippen molar-refractivity contribution in [1.29, 1.82) is 0 Å². The molecule has 0 spiro atoms. The predicted molar refractivity (Wildman–Crippen MR) is 124 cm³/mol. The Bertz CT molecular complexity index is 1010. The van der Waals surface area contributed by atoms with Gasteiger partial charge in [-0.05, 0) is 93.9 Å². The minimum Gasteiger partial charge on any atom is -0.396 e. The van der Waals surface area contributed by atoms with Gasteiger partial charge in [0.05, 0.1) is 0 Å². The molecule has 2 amide bonds. The summed E-state index contributed by atoms with van der Waals surface area (Å²) in [5.41, 5.74) is 1.17. The van der Waals surface area contributed by atoms with Crippen LogP contribution in [-0.4, -0.2) is 44.6 Å². The summed E-state index contributed by atoms with van der Waals surface area (Å²) >= 11 is 0. The molecule has 2 aromatic heterocycles. The molecule has 2 unspecified atom stereocenters. The summed E-state index contributed by atoms with van der Waals surface area (Å²) in [4.78, 5) is 35.0. The van der Waals surface area contributed by atoms with Crippen LogP contribution in [0, 0.1) is 11.8 Å². The number of hydrogen-bond acceptors (Lipinski definition) is 5. The summed E-state index contributed by atoms with van der Waals surface area (Å²) in [6.07, 6.45) is 9.78. The fraction of sp³-hybridized carbons (Fsp3) is 0.538. The molecule has 4 aliphatic carbocycles. The monoisotopic (exact) mass is 448 g/mol. The lowest BCUT2D eigenvalue weighted by Gasteiger charge is -2.62. The molecular formula is C26H32N4O3. The largest absolute Gasteiger partial charge is 0.396 e. The number of nitrogens with zero attached hydrogens (tertiary/aromatic N) is 2. The Hall–Kier alpha value is -2.80. The molecule has 0 radical (unpaired) electrons. The molecule has 2 aromatic rings. The summed E-state index contributed by atoms with van der Waals surface area (Å²) in [6.45, 7) is 0.170. The van der Waals surface area contributed by atoms with Gasteiger partial charge in [-0.25, -0.2) is 4.98 Å². The number of rotatable bonds is 8. The SMILES string of the molecule is O=C(NC12CC3CC(C1)CC(NC(=O)c1cccc(CCCCO)n1)(C3)C2)c1ccccn1. The Morgan fingerprint density at radius 1 is 0.909 bits per heavy atom. The third-order valence-electron chi connectivity index (χ3n) is 7.60. The Kier molecular flexibility index (Phi) is 5.91. The van der Waals surface area contributed by atoms with Crippen molar-refractivity contribution in [2.24, 2.45) is 11.8 Å². The highest BCUT2D eigenvalue weighted by atomic mass is 16.3. The molecule has 2 heterocycles. The molecule has 0 aliphatic heterocycles. The van der Waals surface area contributed by atoms with Crippen LogP contribution < -0.4 is 10.6 Å². The van der Waals surface area contributed by atoms with Crippen molar-refractivity contribution >= 4 is 11.8 Å². The van der Waals surface area contributed by atoms with Gasteiger partial charge in [0.25, 0.3) is 11.8 Å². The smallest absolute Gasteiger partial charge is 0.270 e. The Morgan fingerprint density at radius 2 is 1.58 bits per heavy atom. The van der Waals surface area contributed by atoms with E-state index in [1.165, 1.54) is 6.42 Å². The van der Waals surface area contributed by atoms with E-state index in [2.05, 4.69) is 20.6 Å². The van der Waals surface area contributed by atoms with E-state index in [4.69, 9.17) is 5.11 Å². The number of amides is 2. The lowest BCUT2D eigenvalue weighted by molar-refractivity contribution is -0.0449. The molecule has 0 aromatic carbocycles.